The van der Waals surface area contributed by atoms with Crippen molar-refractivity contribution in [2.45, 2.75) is 32.9 Å². The summed E-state index contributed by atoms with van der Waals surface area (Å²) in [4.78, 5) is 27.8. The minimum Gasteiger partial charge on any atom is -0.497 e. The summed E-state index contributed by atoms with van der Waals surface area (Å²) in [5, 5.41) is 2.93. The normalized spacial score (nSPS) is 14.0. The van der Waals surface area contributed by atoms with Crippen LogP contribution in [0.5, 0.6) is 11.5 Å². The lowest BCUT2D eigenvalue weighted by Crippen LogP contribution is -2.45. The van der Waals surface area contributed by atoms with Crippen LogP contribution in [0, 0.1) is 5.92 Å². The van der Waals surface area contributed by atoms with Gasteiger partial charge in [0.2, 0.25) is 5.91 Å². The molecule has 1 atom stereocenters. The molecule has 2 aromatic rings. The van der Waals surface area contributed by atoms with Gasteiger partial charge in [-0.2, -0.15) is 0 Å². The molecular formula is C22H26N2O4. The molecule has 1 N–H and O–H groups in total. The Morgan fingerprint density at radius 2 is 1.89 bits per heavy atom. The highest BCUT2D eigenvalue weighted by molar-refractivity contribution is 6.04. The molecule has 1 heterocycles. The molecule has 1 aliphatic heterocycles. The zero-order valence-electron chi connectivity index (χ0n) is 16.7. The second-order valence-electron chi connectivity index (χ2n) is 7.29. The number of methoxy groups -OCH3 is 2. The fourth-order valence-electron chi connectivity index (χ4n) is 3.48. The van der Waals surface area contributed by atoms with Crippen LogP contribution in [0.3, 0.4) is 0 Å². The van der Waals surface area contributed by atoms with E-state index in [2.05, 4.69) is 5.32 Å². The smallest absolute Gasteiger partial charge is 0.255 e. The van der Waals surface area contributed by atoms with E-state index >= 15 is 0 Å². The predicted octanol–water partition coefficient (Wildman–Crippen LogP) is 3.71. The highest BCUT2D eigenvalue weighted by atomic mass is 16.5. The first-order valence-electron chi connectivity index (χ1n) is 9.36. The molecule has 0 fully saturated rings. The third kappa shape index (κ3) is 3.96. The first kappa shape index (κ1) is 19.7. The zero-order chi connectivity index (χ0) is 20.3. The predicted molar refractivity (Wildman–Crippen MR) is 108 cm³/mol. The number of benzene rings is 2. The number of carbonyl (C=O) groups is 2. The van der Waals surface area contributed by atoms with Crippen LogP contribution in [0.15, 0.2) is 42.5 Å². The van der Waals surface area contributed by atoms with Gasteiger partial charge in [-0.3, -0.25) is 9.59 Å². The Labute approximate surface area is 165 Å². The van der Waals surface area contributed by atoms with E-state index < -0.39 is 6.04 Å². The van der Waals surface area contributed by atoms with Gasteiger partial charge in [-0.1, -0.05) is 32.0 Å². The first-order valence-corrected chi connectivity index (χ1v) is 9.36. The standard InChI is InChI=1S/C22H26N2O4/c1-14(2)11-19(24-13-15-7-5-6-8-17(15)22(24)26)21(25)23-18-12-16(27-3)9-10-20(18)28-4/h5-10,12,14,19H,11,13H2,1-4H3,(H,23,25)/t19-/m0/s1. The van der Waals surface area contributed by atoms with Crippen LogP contribution in [0.1, 0.15) is 36.2 Å². The average molecular weight is 382 g/mol. The van der Waals surface area contributed by atoms with Crippen molar-refractivity contribution < 1.29 is 19.1 Å². The molecular weight excluding hydrogens is 356 g/mol. The molecule has 28 heavy (non-hydrogen) atoms. The van der Waals surface area contributed by atoms with Crippen molar-refractivity contribution in [2.75, 3.05) is 19.5 Å². The monoisotopic (exact) mass is 382 g/mol. The van der Waals surface area contributed by atoms with Crippen molar-refractivity contribution in [3.8, 4) is 11.5 Å². The molecule has 0 bridgehead atoms. The molecule has 2 aromatic carbocycles. The molecule has 0 unspecified atom stereocenters. The molecule has 3 rings (SSSR count). The second kappa shape index (κ2) is 8.33. The summed E-state index contributed by atoms with van der Waals surface area (Å²) in [6.07, 6.45) is 0.567. The van der Waals surface area contributed by atoms with Crippen molar-refractivity contribution >= 4 is 17.5 Å². The number of carbonyl (C=O) groups excluding carboxylic acids is 2. The summed E-state index contributed by atoms with van der Waals surface area (Å²) in [6, 6.07) is 12.1. The van der Waals surface area contributed by atoms with Crippen LogP contribution >= 0.6 is 0 Å². The van der Waals surface area contributed by atoms with Crippen molar-refractivity contribution in [3.05, 3.63) is 53.6 Å². The van der Waals surface area contributed by atoms with Crippen LogP contribution < -0.4 is 14.8 Å². The van der Waals surface area contributed by atoms with Gasteiger partial charge >= 0.3 is 0 Å². The van der Waals surface area contributed by atoms with E-state index in [4.69, 9.17) is 9.47 Å². The Hall–Kier alpha value is -3.02. The number of hydrogen-bond donors (Lipinski definition) is 1. The van der Waals surface area contributed by atoms with E-state index in [1.54, 1.807) is 37.3 Å². The van der Waals surface area contributed by atoms with Crippen LogP contribution in [0.25, 0.3) is 0 Å². The van der Waals surface area contributed by atoms with Crippen molar-refractivity contribution in [3.63, 3.8) is 0 Å². The molecule has 2 amide bonds. The van der Waals surface area contributed by atoms with Crippen LogP contribution in [-0.4, -0.2) is 37.0 Å². The fourth-order valence-corrected chi connectivity index (χ4v) is 3.48. The third-order valence-corrected chi connectivity index (χ3v) is 4.89. The van der Waals surface area contributed by atoms with Crippen molar-refractivity contribution in [2.24, 2.45) is 5.92 Å². The molecule has 6 heteroatoms. The lowest BCUT2D eigenvalue weighted by atomic mass is 10.0. The largest absolute Gasteiger partial charge is 0.497 e. The number of fused-ring (bicyclic) bond motifs is 1. The maximum Gasteiger partial charge on any atom is 0.255 e. The highest BCUT2D eigenvalue weighted by Gasteiger charge is 2.36. The van der Waals surface area contributed by atoms with Gasteiger partial charge in [0.25, 0.3) is 5.91 Å². The van der Waals surface area contributed by atoms with Gasteiger partial charge in [0.15, 0.2) is 0 Å². The fraction of sp³-hybridized carbons (Fsp3) is 0.364. The second-order valence-corrected chi connectivity index (χ2v) is 7.29. The molecule has 0 saturated carbocycles. The number of anilines is 1. The topological polar surface area (TPSA) is 67.9 Å². The minimum atomic E-state index is -0.573. The Bertz CT molecular complexity index is 879. The van der Waals surface area contributed by atoms with Gasteiger partial charge < -0.3 is 19.7 Å². The number of nitrogens with one attached hydrogen (secondary N) is 1. The lowest BCUT2D eigenvalue weighted by Gasteiger charge is -2.28. The lowest BCUT2D eigenvalue weighted by molar-refractivity contribution is -0.121. The van der Waals surface area contributed by atoms with Crippen molar-refractivity contribution in [1.82, 2.24) is 4.90 Å². The van der Waals surface area contributed by atoms with Gasteiger partial charge in [0, 0.05) is 18.2 Å². The molecule has 0 aliphatic carbocycles. The van der Waals surface area contributed by atoms with Gasteiger partial charge in [-0.25, -0.2) is 0 Å². The van der Waals surface area contributed by atoms with Crippen LogP contribution in [0.2, 0.25) is 0 Å². The molecule has 6 nitrogen and oxygen atoms in total. The first-order chi connectivity index (χ1) is 13.4. The van der Waals surface area contributed by atoms with Gasteiger partial charge in [0.1, 0.15) is 17.5 Å². The number of hydrogen-bond acceptors (Lipinski definition) is 4. The Balaban J connectivity index is 1.87. The molecule has 0 saturated heterocycles. The highest BCUT2D eigenvalue weighted by Crippen LogP contribution is 2.31. The van der Waals surface area contributed by atoms with E-state index in [9.17, 15) is 9.59 Å². The van der Waals surface area contributed by atoms with E-state index in [-0.39, 0.29) is 17.7 Å². The zero-order valence-corrected chi connectivity index (χ0v) is 16.7. The Morgan fingerprint density at radius 3 is 2.54 bits per heavy atom. The molecule has 0 radical (unpaired) electrons. The maximum absolute atomic E-state index is 13.2. The number of rotatable bonds is 7. The molecule has 148 valence electrons. The quantitative estimate of drug-likeness (QED) is 0.793. The summed E-state index contributed by atoms with van der Waals surface area (Å²) in [5.41, 5.74) is 2.14. The summed E-state index contributed by atoms with van der Waals surface area (Å²) >= 11 is 0. The van der Waals surface area contributed by atoms with Crippen LogP contribution in [0.4, 0.5) is 5.69 Å². The van der Waals surface area contributed by atoms with E-state index in [0.717, 1.165) is 5.56 Å². The van der Waals surface area contributed by atoms with E-state index in [0.29, 0.717) is 35.7 Å². The number of amides is 2. The SMILES string of the molecule is COc1ccc(OC)c(NC(=O)[C@H](CC(C)C)N2Cc3ccccc3C2=O)c1. The Kier molecular flexibility index (Phi) is 5.87. The maximum atomic E-state index is 13.2. The summed E-state index contributed by atoms with van der Waals surface area (Å²) in [6.45, 7) is 4.52. The van der Waals surface area contributed by atoms with Gasteiger partial charge in [-0.05, 0) is 36.1 Å². The average Bonchev–Trinajstić information content (AvgIpc) is 3.02. The van der Waals surface area contributed by atoms with Gasteiger partial charge in [0.05, 0.1) is 19.9 Å². The minimum absolute atomic E-state index is 0.103. The summed E-state index contributed by atoms with van der Waals surface area (Å²) in [7, 11) is 3.11. The van der Waals surface area contributed by atoms with Crippen LogP contribution in [-0.2, 0) is 11.3 Å². The number of ether oxygens (including phenoxy) is 2. The van der Waals surface area contributed by atoms with Crippen molar-refractivity contribution in [1.29, 1.82) is 0 Å². The summed E-state index contributed by atoms with van der Waals surface area (Å²) < 4.78 is 10.6. The molecule has 0 spiro atoms. The molecule has 0 aromatic heterocycles. The van der Waals surface area contributed by atoms with Gasteiger partial charge in [-0.15, -0.1) is 0 Å². The third-order valence-electron chi connectivity index (χ3n) is 4.89. The number of nitrogens with zero attached hydrogens (tertiary/aromatic N) is 1. The van der Waals surface area contributed by atoms with E-state index in [1.165, 1.54) is 0 Å². The van der Waals surface area contributed by atoms with E-state index in [1.807, 2.05) is 38.1 Å². The summed E-state index contributed by atoms with van der Waals surface area (Å²) in [5.74, 6) is 1.06. The Morgan fingerprint density at radius 1 is 1.14 bits per heavy atom. The molecule has 1 aliphatic rings.